The highest BCUT2D eigenvalue weighted by molar-refractivity contribution is 5.77. The Morgan fingerprint density at radius 2 is 1.86 bits per heavy atom. The van der Waals surface area contributed by atoms with Crippen LogP contribution in [0.3, 0.4) is 0 Å². The number of halogens is 5. The van der Waals surface area contributed by atoms with Gasteiger partial charge in [0, 0.05) is 0 Å². The summed E-state index contributed by atoms with van der Waals surface area (Å²) in [6, 6.07) is 4.20. The molecule has 1 amide bonds. The smallest absolute Gasteiger partial charge is 0.422 e. The molecule has 0 heterocycles. The van der Waals surface area contributed by atoms with Crippen molar-refractivity contribution in [3.05, 3.63) is 29.8 Å². The lowest BCUT2D eigenvalue weighted by Crippen LogP contribution is -2.37. The van der Waals surface area contributed by atoms with Crippen LogP contribution >= 0.6 is 0 Å². The second-order valence-electron chi connectivity index (χ2n) is 7.28. The lowest BCUT2D eigenvalue weighted by molar-refractivity contribution is -0.153. The first-order chi connectivity index (χ1) is 12.8. The van der Waals surface area contributed by atoms with Crippen molar-refractivity contribution in [2.24, 2.45) is 5.41 Å². The molecule has 1 aromatic rings. The average Bonchev–Trinajstić information content (AvgIpc) is 2.55. The molecule has 0 radical (unpaired) electrons. The molecule has 0 spiro atoms. The second kappa shape index (κ2) is 10.0. The molecular formula is C18H24F5NO4. The summed E-state index contributed by atoms with van der Waals surface area (Å²) in [5, 5.41) is 12.5. The van der Waals surface area contributed by atoms with E-state index in [-0.39, 0.29) is 17.7 Å². The minimum Gasteiger partial charge on any atom is -0.484 e. The predicted octanol–water partition coefficient (Wildman–Crippen LogP) is 3.82. The standard InChI is InChI=1S/C18H24F5NO4/c1-17(2,3)14(25)8-15(26)24-13(9-27-16(19)20)11-5-4-6-12(7-11)28-10-18(21,22)23/h4-7,13-14,16,25H,8-10H2,1-3H3,(H,24,26)/t13-,14-/m0/s1. The van der Waals surface area contributed by atoms with Crippen LogP contribution in [-0.4, -0.2) is 43.1 Å². The largest absolute Gasteiger partial charge is 0.484 e. The van der Waals surface area contributed by atoms with Gasteiger partial charge < -0.3 is 19.9 Å². The van der Waals surface area contributed by atoms with Gasteiger partial charge in [0.05, 0.1) is 25.2 Å². The van der Waals surface area contributed by atoms with Crippen LogP contribution in [0.5, 0.6) is 5.75 Å². The van der Waals surface area contributed by atoms with Crippen LogP contribution in [0, 0.1) is 5.41 Å². The molecule has 160 valence electrons. The third-order valence-electron chi connectivity index (χ3n) is 3.77. The van der Waals surface area contributed by atoms with Crippen molar-refractivity contribution in [1.82, 2.24) is 5.32 Å². The highest BCUT2D eigenvalue weighted by Gasteiger charge is 2.29. The first kappa shape index (κ1) is 24.1. The van der Waals surface area contributed by atoms with Crippen LogP contribution < -0.4 is 10.1 Å². The number of carbonyl (C=O) groups is 1. The minimum atomic E-state index is -4.54. The van der Waals surface area contributed by atoms with Crippen LogP contribution in [0.25, 0.3) is 0 Å². The van der Waals surface area contributed by atoms with Gasteiger partial charge >= 0.3 is 12.8 Å². The van der Waals surface area contributed by atoms with Crippen LogP contribution in [-0.2, 0) is 9.53 Å². The van der Waals surface area contributed by atoms with Crippen LogP contribution in [0.15, 0.2) is 24.3 Å². The average molecular weight is 413 g/mol. The fourth-order valence-corrected chi connectivity index (χ4v) is 2.11. The SMILES string of the molecule is CC(C)(C)[C@@H](O)CC(=O)N[C@@H](COC(F)F)c1cccc(OCC(F)(F)F)c1. The van der Waals surface area contributed by atoms with Gasteiger partial charge in [-0.05, 0) is 23.1 Å². The van der Waals surface area contributed by atoms with Crippen molar-refractivity contribution in [1.29, 1.82) is 0 Å². The molecule has 1 aromatic carbocycles. The van der Waals surface area contributed by atoms with Crippen molar-refractivity contribution < 1.29 is 41.3 Å². The summed E-state index contributed by atoms with van der Waals surface area (Å²) in [6.07, 6.45) is -5.80. The fraction of sp³-hybridized carbons (Fsp3) is 0.611. The number of hydrogen-bond donors (Lipinski definition) is 2. The zero-order valence-electron chi connectivity index (χ0n) is 15.7. The quantitative estimate of drug-likeness (QED) is 0.604. The second-order valence-corrected chi connectivity index (χ2v) is 7.28. The number of benzene rings is 1. The summed E-state index contributed by atoms with van der Waals surface area (Å²) in [7, 11) is 0. The van der Waals surface area contributed by atoms with E-state index in [1.165, 1.54) is 24.3 Å². The maximum atomic E-state index is 12.4. The molecule has 0 aliphatic heterocycles. The van der Waals surface area contributed by atoms with Crippen molar-refractivity contribution >= 4 is 5.91 Å². The van der Waals surface area contributed by atoms with Gasteiger partial charge in [-0.15, -0.1) is 0 Å². The maximum Gasteiger partial charge on any atom is 0.422 e. The molecule has 28 heavy (non-hydrogen) atoms. The number of aliphatic hydroxyl groups is 1. The number of carbonyl (C=O) groups excluding carboxylic acids is 1. The summed E-state index contributed by atoms with van der Waals surface area (Å²) in [5.41, 5.74) is -0.351. The molecule has 2 N–H and O–H groups in total. The molecule has 1 rings (SSSR count). The number of rotatable bonds is 9. The molecule has 0 unspecified atom stereocenters. The van der Waals surface area contributed by atoms with Gasteiger partial charge in [0.2, 0.25) is 5.91 Å². The molecule has 0 bridgehead atoms. The van der Waals surface area contributed by atoms with Crippen molar-refractivity contribution in [2.75, 3.05) is 13.2 Å². The van der Waals surface area contributed by atoms with E-state index in [2.05, 4.69) is 14.8 Å². The number of alkyl halides is 5. The first-order valence-electron chi connectivity index (χ1n) is 8.44. The zero-order valence-corrected chi connectivity index (χ0v) is 15.7. The highest BCUT2D eigenvalue weighted by atomic mass is 19.4. The monoisotopic (exact) mass is 413 g/mol. The van der Waals surface area contributed by atoms with Crippen LogP contribution in [0.1, 0.15) is 38.8 Å². The summed E-state index contributed by atoms with van der Waals surface area (Å²) in [4.78, 5) is 12.2. The van der Waals surface area contributed by atoms with E-state index in [1.807, 2.05) is 0 Å². The highest BCUT2D eigenvalue weighted by Crippen LogP contribution is 2.25. The van der Waals surface area contributed by atoms with E-state index in [0.29, 0.717) is 0 Å². The Morgan fingerprint density at radius 3 is 2.39 bits per heavy atom. The normalized spacial score (nSPS) is 14.6. The van der Waals surface area contributed by atoms with Gasteiger partial charge in [0.25, 0.3) is 0 Å². The zero-order chi connectivity index (χ0) is 21.5. The summed E-state index contributed by atoms with van der Waals surface area (Å²) in [6.45, 7) is -0.0438. The van der Waals surface area contributed by atoms with E-state index < -0.39 is 49.5 Å². The molecule has 10 heteroatoms. The maximum absolute atomic E-state index is 12.4. The number of amides is 1. The van der Waals surface area contributed by atoms with Gasteiger partial charge in [-0.3, -0.25) is 4.79 Å². The Balaban J connectivity index is 2.90. The van der Waals surface area contributed by atoms with Gasteiger partial charge in [0.15, 0.2) is 6.61 Å². The lowest BCUT2D eigenvalue weighted by Gasteiger charge is -2.26. The van der Waals surface area contributed by atoms with E-state index >= 15 is 0 Å². The number of hydrogen-bond acceptors (Lipinski definition) is 4. The molecule has 0 aromatic heterocycles. The topological polar surface area (TPSA) is 67.8 Å². The first-order valence-corrected chi connectivity index (χ1v) is 8.44. The third-order valence-corrected chi connectivity index (χ3v) is 3.77. The molecule has 5 nitrogen and oxygen atoms in total. The molecule has 0 saturated heterocycles. The molecule has 2 atom stereocenters. The van der Waals surface area contributed by atoms with Crippen LogP contribution in [0.4, 0.5) is 22.0 Å². The number of nitrogens with one attached hydrogen (secondary N) is 1. The molecule has 0 aliphatic carbocycles. The Morgan fingerprint density at radius 1 is 1.21 bits per heavy atom. The van der Waals surface area contributed by atoms with Gasteiger partial charge in [-0.25, -0.2) is 0 Å². The summed E-state index contributed by atoms with van der Waals surface area (Å²) >= 11 is 0. The summed E-state index contributed by atoms with van der Waals surface area (Å²) < 4.78 is 70.6. The predicted molar refractivity (Wildman–Crippen MR) is 90.9 cm³/mol. The molecular weight excluding hydrogens is 389 g/mol. The van der Waals surface area contributed by atoms with E-state index in [9.17, 15) is 31.9 Å². The van der Waals surface area contributed by atoms with E-state index in [0.717, 1.165) is 0 Å². The molecule has 0 saturated carbocycles. The van der Waals surface area contributed by atoms with Gasteiger partial charge in [-0.1, -0.05) is 32.9 Å². The van der Waals surface area contributed by atoms with Crippen molar-refractivity contribution in [3.63, 3.8) is 0 Å². The van der Waals surface area contributed by atoms with Crippen molar-refractivity contribution in [3.8, 4) is 5.75 Å². The lowest BCUT2D eigenvalue weighted by atomic mass is 9.87. The van der Waals surface area contributed by atoms with E-state index in [4.69, 9.17) is 0 Å². The number of aliphatic hydroxyl groups excluding tert-OH is 1. The molecule has 0 fully saturated rings. The van der Waals surface area contributed by atoms with Crippen LogP contribution in [0.2, 0.25) is 0 Å². The minimum absolute atomic E-state index is 0.138. The Hall–Kier alpha value is -1.94. The third kappa shape index (κ3) is 9.32. The fourth-order valence-electron chi connectivity index (χ4n) is 2.11. The van der Waals surface area contributed by atoms with Gasteiger partial charge in [-0.2, -0.15) is 22.0 Å². The Kier molecular flexibility index (Phi) is 8.62. The van der Waals surface area contributed by atoms with Gasteiger partial charge in [0.1, 0.15) is 5.75 Å². The van der Waals surface area contributed by atoms with E-state index in [1.54, 1.807) is 20.8 Å². The Bertz CT molecular complexity index is 631. The summed E-state index contributed by atoms with van der Waals surface area (Å²) in [5.74, 6) is -0.757. The van der Waals surface area contributed by atoms with Crippen molar-refractivity contribution in [2.45, 2.75) is 52.1 Å². The molecule has 0 aliphatic rings. The number of ether oxygens (including phenoxy) is 2. The Labute approximate surface area is 159 Å².